The molecule has 0 aliphatic heterocycles. The summed E-state index contributed by atoms with van der Waals surface area (Å²) in [6, 6.07) is 28.5. The maximum atomic E-state index is 2.32. The van der Waals surface area contributed by atoms with Crippen LogP contribution in [0.3, 0.4) is 0 Å². The van der Waals surface area contributed by atoms with Crippen molar-refractivity contribution in [1.29, 1.82) is 0 Å². The van der Waals surface area contributed by atoms with Crippen molar-refractivity contribution < 1.29 is 0 Å². The van der Waals surface area contributed by atoms with Crippen molar-refractivity contribution in [2.75, 3.05) is 0 Å². The Kier molecular flexibility index (Phi) is 3.16. The fraction of sp³-hybridized carbons (Fsp3) is 0.0909. The molecule has 4 aromatic rings. The third-order valence-electron chi connectivity index (χ3n) is 4.35. The Bertz CT molecular complexity index is 958. The Balaban J connectivity index is 1.90. The first-order chi connectivity index (χ1) is 10.8. The Morgan fingerprint density at radius 1 is 0.591 bits per heavy atom. The summed E-state index contributed by atoms with van der Waals surface area (Å²) in [7, 11) is 0. The summed E-state index contributed by atoms with van der Waals surface area (Å²) >= 11 is 0. The molecule has 4 rings (SSSR count). The van der Waals surface area contributed by atoms with Gasteiger partial charge in [-0.25, -0.2) is 0 Å². The van der Waals surface area contributed by atoms with Crippen LogP contribution in [0.5, 0.6) is 0 Å². The van der Waals surface area contributed by atoms with Gasteiger partial charge in [-0.15, -0.1) is 0 Å². The number of fused-ring (bicyclic) bond motifs is 2. The predicted molar refractivity (Wildman–Crippen MR) is 95.4 cm³/mol. The summed E-state index contributed by atoms with van der Waals surface area (Å²) in [5.74, 6) is 0. The summed E-state index contributed by atoms with van der Waals surface area (Å²) in [5.41, 5.74) is 4.13. The third kappa shape index (κ3) is 2.27. The van der Waals surface area contributed by atoms with Gasteiger partial charge in [-0.2, -0.15) is 0 Å². The molecule has 22 heavy (non-hydrogen) atoms. The average molecular weight is 282 g/mol. The molecule has 0 radical (unpaired) electrons. The van der Waals surface area contributed by atoms with Crippen molar-refractivity contribution in [3.05, 3.63) is 95.6 Å². The second kappa shape index (κ2) is 5.31. The standard InChI is InChI=1S/C22H18/c1-16-13-18-8-3-5-12-22(18)20(14-16)15-19-10-6-9-17-7-2-4-11-21(17)19/h2-14H,15H2,1H3. The van der Waals surface area contributed by atoms with Crippen LogP contribution in [-0.2, 0) is 6.42 Å². The van der Waals surface area contributed by atoms with E-state index < -0.39 is 0 Å². The highest BCUT2D eigenvalue weighted by Gasteiger charge is 2.06. The molecular formula is C22H18. The Labute approximate surface area is 131 Å². The van der Waals surface area contributed by atoms with E-state index in [1.165, 1.54) is 38.2 Å². The molecule has 0 bridgehead atoms. The van der Waals surface area contributed by atoms with Gasteiger partial charge in [-0.3, -0.25) is 0 Å². The van der Waals surface area contributed by atoms with Crippen molar-refractivity contribution in [3.8, 4) is 0 Å². The number of aryl methyl sites for hydroxylation is 1. The summed E-state index contributed by atoms with van der Waals surface area (Å²) in [6.07, 6.45) is 0.976. The highest BCUT2D eigenvalue weighted by atomic mass is 14.1. The zero-order valence-electron chi connectivity index (χ0n) is 12.7. The molecule has 0 fully saturated rings. The van der Waals surface area contributed by atoms with E-state index >= 15 is 0 Å². The molecule has 0 saturated heterocycles. The molecule has 0 aromatic heterocycles. The summed E-state index contributed by atoms with van der Waals surface area (Å²) in [5, 5.41) is 5.37. The second-order valence-corrected chi connectivity index (χ2v) is 5.96. The monoisotopic (exact) mass is 282 g/mol. The lowest BCUT2D eigenvalue weighted by molar-refractivity contribution is 1.22. The lowest BCUT2D eigenvalue weighted by atomic mass is 9.94. The number of hydrogen-bond donors (Lipinski definition) is 0. The molecule has 0 saturated carbocycles. The van der Waals surface area contributed by atoms with Gasteiger partial charge in [-0.1, -0.05) is 84.4 Å². The van der Waals surface area contributed by atoms with Crippen molar-refractivity contribution in [2.24, 2.45) is 0 Å². The van der Waals surface area contributed by atoms with Gasteiger partial charge in [0.1, 0.15) is 0 Å². The molecule has 0 spiro atoms. The molecule has 0 aliphatic rings. The van der Waals surface area contributed by atoms with Crippen LogP contribution in [0.1, 0.15) is 16.7 Å². The van der Waals surface area contributed by atoms with E-state index in [0.717, 1.165) is 6.42 Å². The molecule has 0 unspecified atom stereocenters. The van der Waals surface area contributed by atoms with Crippen molar-refractivity contribution in [3.63, 3.8) is 0 Å². The molecule has 0 atom stereocenters. The molecular weight excluding hydrogens is 264 g/mol. The predicted octanol–water partition coefficient (Wildman–Crippen LogP) is 5.89. The number of rotatable bonds is 2. The van der Waals surface area contributed by atoms with Crippen LogP contribution in [0.4, 0.5) is 0 Å². The molecule has 106 valence electrons. The minimum absolute atomic E-state index is 0.976. The van der Waals surface area contributed by atoms with Gasteiger partial charge < -0.3 is 0 Å². The smallest absolute Gasteiger partial charge is 0.00134 e. The first-order valence-corrected chi connectivity index (χ1v) is 7.76. The summed E-state index contributed by atoms with van der Waals surface area (Å²) < 4.78 is 0. The van der Waals surface area contributed by atoms with E-state index in [1.807, 2.05) is 0 Å². The SMILES string of the molecule is Cc1cc(Cc2cccc3ccccc23)c2ccccc2c1. The molecule has 0 N–H and O–H groups in total. The van der Waals surface area contributed by atoms with Crippen LogP contribution in [0.25, 0.3) is 21.5 Å². The van der Waals surface area contributed by atoms with Gasteiger partial charge in [0.25, 0.3) is 0 Å². The molecule has 0 heteroatoms. The largest absolute Gasteiger partial charge is 0.0616 e. The van der Waals surface area contributed by atoms with Crippen LogP contribution in [0, 0.1) is 6.92 Å². The Morgan fingerprint density at radius 3 is 2.05 bits per heavy atom. The van der Waals surface area contributed by atoms with Gasteiger partial charge in [0, 0.05) is 0 Å². The first kappa shape index (κ1) is 13.1. The van der Waals surface area contributed by atoms with Crippen LogP contribution >= 0.6 is 0 Å². The summed E-state index contributed by atoms with van der Waals surface area (Å²) in [6.45, 7) is 2.18. The fourth-order valence-corrected chi connectivity index (χ4v) is 3.35. The van der Waals surface area contributed by atoms with Gasteiger partial charge >= 0.3 is 0 Å². The molecule has 0 heterocycles. The number of hydrogen-bond acceptors (Lipinski definition) is 0. The van der Waals surface area contributed by atoms with E-state index in [0.29, 0.717) is 0 Å². The van der Waals surface area contributed by atoms with Gasteiger partial charge in [0.2, 0.25) is 0 Å². The van der Waals surface area contributed by atoms with E-state index in [1.54, 1.807) is 0 Å². The second-order valence-electron chi connectivity index (χ2n) is 5.96. The van der Waals surface area contributed by atoms with Gasteiger partial charge in [0.15, 0.2) is 0 Å². The van der Waals surface area contributed by atoms with Crippen molar-refractivity contribution in [2.45, 2.75) is 13.3 Å². The first-order valence-electron chi connectivity index (χ1n) is 7.76. The van der Waals surface area contributed by atoms with E-state index in [2.05, 4.69) is 85.8 Å². The highest BCUT2D eigenvalue weighted by Crippen LogP contribution is 2.26. The maximum Gasteiger partial charge on any atom is -0.00134 e. The zero-order valence-corrected chi connectivity index (χ0v) is 12.7. The Hall–Kier alpha value is -2.60. The summed E-state index contributed by atoms with van der Waals surface area (Å²) in [4.78, 5) is 0. The molecule has 0 amide bonds. The van der Waals surface area contributed by atoms with E-state index in [4.69, 9.17) is 0 Å². The van der Waals surface area contributed by atoms with Crippen molar-refractivity contribution in [1.82, 2.24) is 0 Å². The van der Waals surface area contributed by atoms with Crippen LogP contribution in [0.15, 0.2) is 78.9 Å². The van der Waals surface area contributed by atoms with Crippen LogP contribution in [0.2, 0.25) is 0 Å². The lowest BCUT2D eigenvalue weighted by Gasteiger charge is -2.11. The minimum atomic E-state index is 0.976. The number of benzene rings is 4. The van der Waals surface area contributed by atoms with Crippen molar-refractivity contribution >= 4 is 21.5 Å². The van der Waals surface area contributed by atoms with E-state index in [-0.39, 0.29) is 0 Å². The quantitative estimate of drug-likeness (QED) is 0.430. The highest BCUT2D eigenvalue weighted by molar-refractivity contribution is 5.89. The van der Waals surface area contributed by atoms with Gasteiger partial charge in [0.05, 0.1) is 0 Å². The third-order valence-corrected chi connectivity index (χ3v) is 4.35. The van der Waals surface area contributed by atoms with E-state index in [9.17, 15) is 0 Å². The van der Waals surface area contributed by atoms with Gasteiger partial charge in [-0.05, 0) is 46.0 Å². The van der Waals surface area contributed by atoms with Crippen LogP contribution < -0.4 is 0 Å². The zero-order chi connectivity index (χ0) is 14.9. The van der Waals surface area contributed by atoms with Crippen LogP contribution in [-0.4, -0.2) is 0 Å². The fourth-order valence-electron chi connectivity index (χ4n) is 3.35. The topological polar surface area (TPSA) is 0 Å². The normalized spacial score (nSPS) is 11.1. The Morgan fingerprint density at radius 2 is 1.23 bits per heavy atom. The molecule has 0 nitrogen and oxygen atoms in total. The maximum absolute atomic E-state index is 2.32. The minimum Gasteiger partial charge on any atom is -0.0616 e. The molecule has 4 aromatic carbocycles. The lowest BCUT2D eigenvalue weighted by Crippen LogP contribution is -1.92. The average Bonchev–Trinajstić information content (AvgIpc) is 2.55. The molecule has 0 aliphatic carbocycles.